The Labute approximate surface area is 165 Å². The van der Waals surface area contributed by atoms with Crippen molar-refractivity contribution in [2.45, 2.75) is 52.5 Å². The van der Waals surface area contributed by atoms with Gasteiger partial charge in [-0.15, -0.1) is 11.3 Å². The van der Waals surface area contributed by atoms with Gasteiger partial charge in [0.15, 0.2) is 11.5 Å². The lowest BCUT2D eigenvalue weighted by Gasteiger charge is -2.30. The highest BCUT2D eigenvalue weighted by molar-refractivity contribution is 7.10. The van der Waals surface area contributed by atoms with Gasteiger partial charge in [-0.25, -0.2) is 0 Å². The van der Waals surface area contributed by atoms with E-state index in [0.717, 1.165) is 42.9 Å². The molecule has 4 nitrogen and oxygen atoms in total. The molecule has 4 rings (SSSR count). The molecule has 1 aromatic carbocycles. The van der Waals surface area contributed by atoms with Gasteiger partial charge in [0.1, 0.15) is 0 Å². The third-order valence-electron chi connectivity index (χ3n) is 5.46. The fourth-order valence-corrected chi connectivity index (χ4v) is 5.24. The summed E-state index contributed by atoms with van der Waals surface area (Å²) in [6, 6.07) is 4.16. The van der Waals surface area contributed by atoms with Gasteiger partial charge in [0, 0.05) is 23.3 Å². The highest BCUT2D eigenvalue weighted by Crippen LogP contribution is 2.35. The van der Waals surface area contributed by atoms with Crippen molar-refractivity contribution < 1.29 is 14.3 Å². The third-order valence-corrected chi connectivity index (χ3v) is 6.55. The van der Waals surface area contributed by atoms with E-state index in [1.807, 2.05) is 18.7 Å². The Balaban J connectivity index is 1.58. The minimum absolute atomic E-state index is 0.187. The van der Waals surface area contributed by atoms with E-state index < -0.39 is 0 Å². The number of carbonyl (C=O) groups is 1. The zero-order chi connectivity index (χ0) is 18.8. The summed E-state index contributed by atoms with van der Waals surface area (Å²) in [6.45, 7) is 6.58. The van der Waals surface area contributed by atoms with E-state index >= 15 is 0 Å². The maximum Gasteiger partial charge on any atom is 0.255 e. The number of ether oxygens (including phenoxy) is 2. The molecule has 2 heterocycles. The van der Waals surface area contributed by atoms with Gasteiger partial charge < -0.3 is 14.4 Å². The maximum atomic E-state index is 13.2. The van der Waals surface area contributed by atoms with Gasteiger partial charge in [0.2, 0.25) is 0 Å². The normalized spacial score (nSPS) is 15.9. The zero-order valence-electron chi connectivity index (χ0n) is 16.2. The van der Waals surface area contributed by atoms with Crippen molar-refractivity contribution >= 4 is 17.2 Å². The Kier molecular flexibility index (Phi) is 5.39. The molecule has 0 spiro atoms. The van der Waals surface area contributed by atoms with E-state index in [2.05, 4.69) is 17.5 Å². The summed E-state index contributed by atoms with van der Waals surface area (Å²) < 4.78 is 11.5. The molecule has 0 radical (unpaired) electrons. The predicted molar refractivity (Wildman–Crippen MR) is 108 cm³/mol. The Morgan fingerprint density at radius 1 is 1.04 bits per heavy atom. The first-order valence-corrected chi connectivity index (χ1v) is 10.9. The SMILES string of the molecule is CCOc1cc2c(cc1OCC)CN(C(=O)c1csc3c1CCCC3)CC2. The first-order chi connectivity index (χ1) is 13.2. The Morgan fingerprint density at radius 2 is 1.74 bits per heavy atom. The maximum absolute atomic E-state index is 13.2. The lowest BCUT2D eigenvalue weighted by molar-refractivity contribution is 0.0733. The second-order valence-electron chi connectivity index (χ2n) is 7.17. The summed E-state index contributed by atoms with van der Waals surface area (Å²) in [6.07, 6.45) is 5.50. The van der Waals surface area contributed by atoms with Crippen LogP contribution < -0.4 is 9.47 Å². The molecule has 1 amide bonds. The van der Waals surface area contributed by atoms with Crippen molar-refractivity contribution in [1.29, 1.82) is 0 Å². The van der Waals surface area contributed by atoms with Gasteiger partial charge in [-0.1, -0.05) is 0 Å². The largest absolute Gasteiger partial charge is 0.490 e. The second-order valence-corrected chi connectivity index (χ2v) is 8.13. The van der Waals surface area contributed by atoms with Crippen LogP contribution in [0.5, 0.6) is 11.5 Å². The second kappa shape index (κ2) is 7.93. The average Bonchev–Trinajstić information content (AvgIpc) is 3.12. The molecule has 0 atom stereocenters. The summed E-state index contributed by atoms with van der Waals surface area (Å²) >= 11 is 1.76. The van der Waals surface area contributed by atoms with E-state index in [1.54, 1.807) is 11.3 Å². The molecule has 2 aliphatic rings. The summed E-state index contributed by atoms with van der Waals surface area (Å²) in [7, 11) is 0. The first-order valence-electron chi connectivity index (χ1n) is 10.0. The highest BCUT2D eigenvalue weighted by atomic mass is 32.1. The number of thiophene rings is 1. The van der Waals surface area contributed by atoms with Crippen molar-refractivity contribution in [3.8, 4) is 11.5 Å². The smallest absolute Gasteiger partial charge is 0.255 e. The first kappa shape index (κ1) is 18.4. The Morgan fingerprint density at radius 3 is 2.48 bits per heavy atom. The van der Waals surface area contributed by atoms with Gasteiger partial charge in [0.25, 0.3) is 5.91 Å². The van der Waals surface area contributed by atoms with Crippen molar-refractivity contribution in [2.24, 2.45) is 0 Å². The third kappa shape index (κ3) is 3.57. The number of rotatable bonds is 5. The summed E-state index contributed by atoms with van der Waals surface area (Å²) in [5.41, 5.74) is 4.68. The van der Waals surface area contributed by atoms with Crippen molar-refractivity contribution in [1.82, 2.24) is 4.90 Å². The number of nitrogens with zero attached hydrogens (tertiary/aromatic N) is 1. The number of benzene rings is 1. The van der Waals surface area contributed by atoms with Gasteiger partial charge in [0.05, 0.1) is 18.8 Å². The molecule has 0 unspecified atom stereocenters. The standard InChI is InChI=1S/C22H27NO3S/c1-3-25-19-11-15-9-10-23(13-16(15)12-20(19)26-4-2)22(24)18-14-27-21-8-6-5-7-17(18)21/h11-12,14H,3-10,13H2,1-2H3. The number of amides is 1. The molecule has 0 fully saturated rings. The van der Waals surface area contributed by atoms with Crippen molar-refractivity contribution in [3.63, 3.8) is 0 Å². The zero-order valence-corrected chi connectivity index (χ0v) is 17.0. The average molecular weight is 386 g/mol. The van der Waals surface area contributed by atoms with Crippen LogP contribution in [0, 0.1) is 0 Å². The van der Waals surface area contributed by atoms with E-state index in [0.29, 0.717) is 19.8 Å². The van der Waals surface area contributed by atoms with E-state index in [-0.39, 0.29) is 5.91 Å². The summed E-state index contributed by atoms with van der Waals surface area (Å²) in [5.74, 6) is 1.77. The van der Waals surface area contributed by atoms with Gasteiger partial charge >= 0.3 is 0 Å². The molecule has 0 N–H and O–H groups in total. The van der Waals surface area contributed by atoms with Crippen LogP contribution in [0.2, 0.25) is 0 Å². The lowest BCUT2D eigenvalue weighted by Crippen LogP contribution is -2.36. The minimum atomic E-state index is 0.187. The van der Waals surface area contributed by atoms with Crippen LogP contribution >= 0.6 is 11.3 Å². The number of hydrogen-bond donors (Lipinski definition) is 0. The van der Waals surface area contributed by atoms with Crippen LogP contribution in [-0.4, -0.2) is 30.6 Å². The summed E-state index contributed by atoms with van der Waals surface area (Å²) in [4.78, 5) is 16.6. The van der Waals surface area contributed by atoms with Crippen molar-refractivity contribution in [3.05, 3.63) is 44.6 Å². The van der Waals surface area contributed by atoms with E-state index in [9.17, 15) is 4.79 Å². The highest BCUT2D eigenvalue weighted by Gasteiger charge is 2.27. The predicted octanol–water partition coefficient (Wildman–Crippen LogP) is 4.62. The topological polar surface area (TPSA) is 38.8 Å². The molecule has 1 aliphatic carbocycles. The van der Waals surface area contributed by atoms with Crippen LogP contribution in [-0.2, 0) is 25.8 Å². The van der Waals surface area contributed by atoms with E-state index in [4.69, 9.17) is 9.47 Å². The van der Waals surface area contributed by atoms with Crippen LogP contribution in [0.25, 0.3) is 0 Å². The Bertz CT molecular complexity index is 842. The Hall–Kier alpha value is -2.01. The molecule has 0 saturated heterocycles. The summed E-state index contributed by atoms with van der Waals surface area (Å²) in [5, 5.41) is 2.08. The number of carbonyl (C=O) groups excluding carboxylic acids is 1. The fourth-order valence-electron chi connectivity index (χ4n) is 4.12. The molecule has 1 aliphatic heterocycles. The van der Waals surface area contributed by atoms with Crippen LogP contribution in [0.4, 0.5) is 0 Å². The number of aryl methyl sites for hydroxylation is 1. The molecule has 2 aromatic rings. The monoisotopic (exact) mass is 385 g/mol. The molecular weight excluding hydrogens is 358 g/mol. The van der Waals surface area contributed by atoms with Gasteiger partial charge in [-0.05, 0) is 74.8 Å². The quantitative estimate of drug-likeness (QED) is 0.754. The molecule has 0 bridgehead atoms. The molecule has 5 heteroatoms. The van der Waals surface area contributed by atoms with Crippen molar-refractivity contribution in [2.75, 3.05) is 19.8 Å². The van der Waals surface area contributed by atoms with E-state index in [1.165, 1.54) is 34.4 Å². The van der Waals surface area contributed by atoms with Crippen LogP contribution in [0.15, 0.2) is 17.5 Å². The molecular formula is C22H27NO3S. The van der Waals surface area contributed by atoms with Gasteiger partial charge in [-0.2, -0.15) is 0 Å². The molecule has 27 heavy (non-hydrogen) atoms. The lowest BCUT2D eigenvalue weighted by atomic mass is 9.94. The fraction of sp³-hybridized carbons (Fsp3) is 0.500. The van der Waals surface area contributed by atoms with Gasteiger partial charge in [-0.3, -0.25) is 4.79 Å². The number of hydrogen-bond acceptors (Lipinski definition) is 4. The minimum Gasteiger partial charge on any atom is -0.490 e. The molecule has 144 valence electrons. The molecule has 0 saturated carbocycles. The molecule has 1 aromatic heterocycles. The van der Waals surface area contributed by atoms with Crippen LogP contribution in [0.3, 0.4) is 0 Å². The number of fused-ring (bicyclic) bond motifs is 2. The van der Waals surface area contributed by atoms with Crippen LogP contribution in [0.1, 0.15) is 58.6 Å².